The van der Waals surface area contributed by atoms with Crippen molar-refractivity contribution in [2.45, 2.75) is 6.18 Å². The maximum Gasteiger partial charge on any atom is 0.434 e. The molecule has 3 heterocycles. The average molecular weight is 496 g/mol. The molecular weight excluding hydrogens is 481 g/mol. The van der Waals surface area contributed by atoms with Crippen molar-refractivity contribution >= 4 is 33.1 Å². The van der Waals surface area contributed by atoms with E-state index in [1.54, 1.807) is 24.3 Å². The Morgan fingerprint density at radius 3 is 2.46 bits per heavy atom. The molecule has 0 atom stereocenters. The Morgan fingerprint density at radius 2 is 1.80 bits per heavy atom. The molecular formula is C23H15F3N6O2S. The van der Waals surface area contributed by atoms with Crippen LogP contribution in [0.3, 0.4) is 0 Å². The highest BCUT2D eigenvalue weighted by Gasteiger charge is 2.41. The van der Waals surface area contributed by atoms with Crippen LogP contribution in [0.4, 0.5) is 18.9 Å². The number of thiazole rings is 1. The maximum absolute atomic E-state index is 13.9. The van der Waals surface area contributed by atoms with Crippen molar-refractivity contribution in [3.8, 4) is 22.3 Å². The van der Waals surface area contributed by atoms with E-state index >= 15 is 0 Å². The molecule has 176 valence electrons. The van der Waals surface area contributed by atoms with Crippen LogP contribution >= 0.6 is 11.3 Å². The molecule has 0 bridgehead atoms. The van der Waals surface area contributed by atoms with Crippen molar-refractivity contribution in [3.05, 3.63) is 78.1 Å². The van der Waals surface area contributed by atoms with Crippen molar-refractivity contribution in [3.63, 3.8) is 0 Å². The fourth-order valence-corrected chi connectivity index (χ4v) is 4.36. The number of ether oxygens (including phenoxy) is 1. The number of benzene rings is 2. The van der Waals surface area contributed by atoms with Crippen molar-refractivity contribution in [1.82, 2.24) is 25.0 Å². The first-order chi connectivity index (χ1) is 16.8. The fraction of sp³-hybridized carbons (Fsp3) is 0.0870. The van der Waals surface area contributed by atoms with E-state index in [1.165, 1.54) is 30.6 Å². The number of fused-ring (bicyclic) bond motifs is 1. The van der Waals surface area contributed by atoms with Crippen molar-refractivity contribution < 1.29 is 22.7 Å². The summed E-state index contributed by atoms with van der Waals surface area (Å²) in [6.45, 7) is 0. The number of nitrogens with zero attached hydrogens (tertiary/aromatic N) is 5. The molecule has 2 aromatic carbocycles. The first-order valence-electron chi connectivity index (χ1n) is 10.1. The van der Waals surface area contributed by atoms with Crippen molar-refractivity contribution in [2.75, 3.05) is 12.4 Å². The fourth-order valence-electron chi connectivity index (χ4n) is 3.39. The predicted octanol–water partition coefficient (Wildman–Crippen LogP) is 5.22. The number of alkyl halides is 3. The van der Waals surface area contributed by atoms with Gasteiger partial charge in [-0.2, -0.15) is 18.3 Å². The Kier molecular flexibility index (Phi) is 5.65. The highest BCUT2D eigenvalue weighted by Crippen LogP contribution is 2.34. The number of aromatic nitrogens is 5. The number of halogens is 3. The van der Waals surface area contributed by atoms with Crippen LogP contribution in [-0.2, 0) is 6.18 Å². The van der Waals surface area contributed by atoms with Gasteiger partial charge in [0.1, 0.15) is 5.01 Å². The second-order valence-electron chi connectivity index (χ2n) is 7.27. The van der Waals surface area contributed by atoms with Gasteiger partial charge in [0.15, 0.2) is 11.5 Å². The number of carbonyl (C=O) groups is 1. The summed E-state index contributed by atoms with van der Waals surface area (Å²) >= 11 is 1.52. The van der Waals surface area contributed by atoms with Crippen LogP contribution in [0.25, 0.3) is 26.6 Å². The number of anilines is 1. The Bertz CT molecular complexity index is 1480. The van der Waals surface area contributed by atoms with E-state index in [0.717, 1.165) is 27.0 Å². The molecule has 1 N–H and O–H groups in total. The average Bonchev–Trinajstić information content (AvgIpc) is 3.49. The molecule has 8 nitrogen and oxygen atoms in total. The zero-order valence-electron chi connectivity index (χ0n) is 17.9. The normalized spacial score (nSPS) is 11.5. The maximum atomic E-state index is 13.9. The summed E-state index contributed by atoms with van der Waals surface area (Å²) in [6.07, 6.45) is -4.03. The lowest BCUT2D eigenvalue weighted by molar-refractivity contribution is -0.143. The van der Waals surface area contributed by atoms with E-state index in [1.807, 2.05) is 24.3 Å². The standard InChI is InChI=1S/C23H15F3N6O2S/c1-34-19-11-10-18(30-31-19)32-20(23(24,25)26)15(12-27-32)21(33)28-14-8-6-13(7-9-14)22-29-16-4-2-3-5-17(16)35-22/h2-12H,1H3,(H,28,33). The Morgan fingerprint density at radius 1 is 1.03 bits per heavy atom. The van der Waals surface area contributed by atoms with Gasteiger partial charge in [0.25, 0.3) is 5.91 Å². The molecule has 0 unspecified atom stereocenters. The molecule has 3 aromatic heterocycles. The van der Waals surface area contributed by atoms with Crippen LogP contribution in [0.5, 0.6) is 5.88 Å². The molecule has 0 spiro atoms. The number of methoxy groups -OCH3 is 1. The lowest BCUT2D eigenvalue weighted by Gasteiger charge is -2.12. The molecule has 0 aliphatic heterocycles. The van der Waals surface area contributed by atoms with Crippen LogP contribution in [0.2, 0.25) is 0 Å². The first-order valence-corrected chi connectivity index (χ1v) is 11.0. The van der Waals surface area contributed by atoms with Crippen molar-refractivity contribution in [2.24, 2.45) is 0 Å². The zero-order valence-corrected chi connectivity index (χ0v) is 18.8. The van der Waals surface area contributed by atoms with E-state index < -0.39 is 23.3 Å². The smallest absolute Gasteiger partial charge is 0.434 e. The summed E-state index contributed by atoms with van der Waals surface area (Å²) in [6, 6.07) is 17.0. The van der Waals surface area contributed by atoms with E-state index in [-0.39, 0.29) is 11.7 Å². The van der Waals surface area contributed by atoms with E-state index in [0.29, 0.717) is 10.4 Å². The van der Waals surface area contributed by atoms with Gasteiger partial charge in [-0.15, -0.1) is 21.5 Å². The van der Waals surface area contributed by atoms with Gasteiger partial charge in [-0.05, 0) is 42.5 Å². The summed E-state index contributed by atoms with van der Waals surface area (Å²) < 4.78 is 48.1. The molecule has 0 aliphatic rings. The molecule has 35 heavy (non-hydrogen) atoms. The number of hydrogen-bond acceptors (Lipinski definition) is 7. The molecule has 5 aromatic rings. The summed E-state index contributed by atoms with van der Waals surface area (Å²) in [5.41, 5.74) is 0.116. The topological polar surface area (TPSA) is 94.8 Å². The largest absolute Gasteiger partial charge is 0.480 e. The number of para-hydroxylation sites is 1. The van der Waals surface area contributed by atoms with Crippen LogP contribution in [0.1, 0.15) is 16.1 Å². The van der Waals surface area contributed by atoms with E-state index in [9.17, 15) is 18.0 Å². The molecule has 1 amide bonds. The number of hydrogen-bond donors (Lipinski definition) is 1. The monoisotopic (exact) mass is 496 g/mol. The van der Waals surface area contributed by atoms with Gasteiger partial charge in [-0.3, -0.25) is 4.79 Å². The van der Waals surface area contributed by atoms with Crippen LogP contribution in [0, 0.1) is 0 Å². The second kappa shape index (κ2) is 8.80. The summed E-state index contributed by atoms with van der Waals surface area (Å²) in [4.78, 5) is 17.3. The third-order valence-electron chi connectivity index (χ3n) is 5.02. The molecule has 5 rings (SSSR count). The number of amides is 1. The molecule has 0 saturated carbocycles. The van der Waals surface area contributed by atoms with Crippen LogP contribution in [-0.4, -0.2) is 38.0 Å². The summed E-state index contributed by atoms with van der Waals surface area (Å²) in [5, 5.41) is 14.4. The second-order valence-corrected chi connectivity index (χ2v) is 8.30. The predicted molar refractivity (Wildman–Crippen MR) is 124 cm³/mol. The number of rotatable bonds is 5. The van der Waals surface area contributed by atoms with Gasteiger partial charge in [0.05, 0.1) is 29.1 Å². The third-order valence-corrected chi connectivity index (χ3v) is 6.10. The van der Waals surface area contributed by atoms with Crippen LogP contribution in [0.15, 0.2) is 66.9 Å². The van der Waals surface area contributed by atoms with Crippen molar-refractivity contribution in [1.29, 1.82) is 0 Å². The van der Waals surface area contributed by atoms with Gasteiger partial charge in [-0.1, -0.05) is 12.1 Å². The van der Waals surface area contributed by atoms with E-state index in [4.69, 9.17) is 4.74 Å². The molecule has 0 aliphatic carbocycles. The zero-order chi connectivity index (χ0) is 24.6. The highest BCUT2D eigenvalue weighted by molar-refractivity contribution is 7.21. The highest BCUT2D eigenvalue weighted by atomic mass is 32.1. The number of nitrogens with one attached hydrogen (secondary N) is 1. The lowest BCUT2D eigenvalue weighted by atomic mass is 10.2. The van der Waals surface area contributed by atoms with Crippen LogP contribution < -0.4 is 10.1 Å². The third kappa shape index (κ3) is 4.43. The quantitative estimate of drug-likeness (QED) is 0.359. The Balaban J connectivity index is 1.40. The van der Waals surface area contributed by atoms with Gasteiger partial charge in [0, 0.05) is 17.3 Å². The summed E-state index contributed by atoms with van der Waals surface area (Å²) in [7, 11) is 1.35. The Hall–Kier alpha value is -4.32. The van der Waals surface area contributed by atoms with Gasteiger partial charge in [0.2, 0.25) is 5.88 Å². The molecule has 0 radical (unpaired) electrons. The lowest BCUT2D eigenvalue weighted by Crippen LogP contribution is -2.21. The van der Waals surface area contributed by atoms with Gasteiger partial charge >= 0.3 is 6.18 Å². The molecule has 12 heteroatoms. The minimum atomic E-state index is -4.87. The summed E-state index contributed by atoms with van der Waals surface area (Å²) in [5.74, 6) is -1.04. The number of carbonyl (C=O) groups excluding carboxylic acids is 1. The molecule has 0 saturated heterocycles. The molecule has 0 fully saturated rings. The van der Waals surface area contributed by atoms with Gasteiger partial charge in [-0.25, -0.2) is 9.67 Å². The minimum absolute atomic E-state index is 0.127. The SMILES string of the molecule is COc1ccc(-n2ncc(C(=O)Nc3ccc(-c4nc5ccccc5s4)cc3)c2C(F)(F)F)nn1. The minimum Gasteiger partial charge on any atom is -0.480 e. The van der Waals surface area contributed by atoms with Gasteiger partial charge < -0.3 is 10.1 Å². The van der Waals surface area contributed by atoms with E-state index in [2.05, 4.69) is 25.6 Å². The Labute approximate surface area is 200 Å². The first kappa shape index (κ1) is 22.5.